The van der Waals surface area contributed by atoms with Gasteiger partial charge in [-0.15, -0.1) is 0 Å². The van der Waals surface area contributed by atoms with Crippen LogP contribution in [-0.2, 0) is 11.3 Å². The Bertz CT molecular complexity index is 1890. The molecule has 2 fully saturated rings. The molecule has 4 heterocycles. The topological polar surface area (TPSA) is 175 Å². The standard InChI is InChI=1S/C40H57N11O3/c1-27-9-8-10-28(2)51(27)38(43)50-26-30(13-16-36(50)42)54-34-15-14-33(31-11-6-7-12-32(31)34)46-39(52)47-37(23-35(41)40(3,4)5)45-29-24-44-49(25-29)18-17-48-19-21-53-22-20-48/h6-7,11-13,16,23-28,33-34,42-43H,8-10,14-15,17-22,41H2,1-5H3,(H2,45,46,47,52)/b35-23-,42-36?,43-38?. The first-order valence-electron chi connectivity index (χ1n) is 19.2. The number of rotatable bonds is 8. The van der Waals surface area contributed by atoms with E-state index in [2.05, 4.69) is 39.4 Å². The number of carbonyl (C=O) groups is 1. The lowest BCUT2D eigenvalue weighted by Crippen LogP contribution is -2.51. The SMILES string of the molecule is CC1CCCC(C)N1C(=N)n1cc(OC2CCC(NC(=O)NC(/C=C(\N)C(C)(C)C)=Nc3cnn(CCN4CCOCC4)c3)c3ccccc32)ccc1=N. The molecule has 4 unspecified atom stereocenters. The van der Waals surface area contributed by atoms with Gasteiger partial charge in [0.15, 0.2) is 0 Å². The van der Waals surface area contributed by atoms with Crippen molar-refractivity contribution in [2.75, 3.05) is 32.8 Å². The Balaban J connectivity index is 1.14. The van der Waals surface area contributed by atoms with Crippen molar-refractivity contribution in [3.63, 3.8) is 0 Å². The van der Waals surface area contributed by atoms with Gasteiger partial charge in [-0.05, 0) is 69.2 Å². The van der Waals surface area contributed by atoms with Crippen LogP contribution in [-0.4, -0.2) is 86.9 Å². The highest BCUT2D eigenvalue weighted by molar-refractivity contribution is 6.05. The second kappa shape index (κ2) is 17.0. The number of fused-ring (bicyclic) bond motifs is 1. The number of aliphatic imine (C=N–C) groups is 1. The van der Waals surface area contributed by atoms with Gasteiger partial charge in [0.2, 0.25) is 5.96 Å². The second-order valence-electron chi connectivity index (χ2n) is 15.7. The first-order valence-corrected chi connectivity index (χ1v) is 19.2. The molecule has 0 bridgehead atoms. The minimum Gasteiger partial charge on any atom is -0.484 e. The lowest BCUT2D eigenvalue weighted by atomic mass is 9.85. The van der Waals surface area contributed by atoms with Gasteiger partial charge in [0.1, 0.15) is 28.9 Å². The van der Waals surface area contributed by atoms with Gasteiger partial charge in [0.05, 0.1) is 44.4 Å². The predicted molar refractivity (Wildman–Crippen MR) is 210 cm³/mol. The van der Waals surface area contributed by atoms with Gasteiger partial charge in [-0.3, -0.25) is 30.3 Å². The van der Waals surface area contributed by atoms with E-state index < -0.39 is 6.03 Å². The third-order valence-corrected chi connectivity index (χ3v) is 10.6. The molecule has 0 spiro atoms. The molecule has 2 aromatic heterocycles. The van der Waals surface area contributed by atoms with Gasteiger partial charge in [-0.1, -0.05) is 45.0 Å². The monoisotopic (exact) mass is 739 g/mol. The summed E-state index contributed by atoms with van der Waals surface area (Å²) in [7, 11) is 0. The summed E-state index contributed by atoms with van der Waals surface area (Å²) < 4.78 is 15.5. The van der Waals surface area contributed by atoms with E-state index in [4.69, 9.17) is 31.0 Å². The normalized spacial score (nSPS) is 22.7. The minimum atomic E-state index is -0.391. The summed E-state index contributed by atoms with van der Waals surface area (Å²) >= 11 is 0. The molecule has 290 valence electrons. The van der Waals surface area contributed by atoms with Crippen molar-refractivity contribution in [3.05, 3.63) is 83.4 Å². The van der Waals surface area contributed by atoms with E-state index in [9.17, 15) is 4.79 Å². The van der Waals surface area contributed by atoms with Crippen LogP contribution in [0.15, 0.2) is 71.8 Å². The van der Waals surface area contributed by atoms with Crippen LogP contribution in [0.1, 0.15) is 90.0 Å². The molecule has 1 aliphatic carbocycles. The van der Waals surface area contributed by atoms with Gasteiger partial charge in [-0.25, -0.2) is 9.79 Å². The fourth-order valence-electron chi connectivity index (χ4n) is 7.39. The number of ether oxygens (including phenoxy) is 2. The number of nitrogens with two attached hydrogens (primary N) is 1. The lowest BCUT2D eigenvalue weighted by molar-refractivity contribution is 0.0360. The van der Waals surface area contributed by atoms with Crippen molar-refractivity contribution in [2.24, 2.45) is 16.1 Å². The predicted octanol–water partition coefficient (Wildman–Crippen LogP) is 5.42. The van der Waals surface area contributed by atoms with E-state index in [1.165, 1.54) is 0 Å². The Morgan fingerprint density at radius 3 is 2.48 bits per heavy atom. The van der Waals surface area contributed by atoms with Crippen molar-refractivity contribution >= 4 is 23.5 Å². The molecule has 6 rings (SSSR count). The maximum Gasteiger partial charge on any atom is 0.320 e. The fourth-order valence-corrected chi connectivity index (χ4v) is 7.39. The van der Waals surface area contributed by atoms with Crippen LogP contribution in [0.3, 0.4) is 0 Å². The maximum atomic E-state index is 13.6. The number of nitrogens with one attached hydrogen (secondary N) is 4. The highest BCUT2D eigenvalue weighted by Gasteiger charge is 2.31. The number of benzene rings is 1. The number of amidine groups is 1. The van der Waals surface area contributed by atoms with Crippen LogP contribution >= 0.6 is 0 Å². The van der Waals surface area contributed by atoms with Crippen molar-refractivity contribution in [1.82, 2.24) is 34.8 Å². The number of carbonyl (C=O) groups excluding carboxylic acids is 1. The van der Waals surface area contributed by atoms with E-state index in [1.54, 1.807) is 35.2 Å². The van der Waals surface area contributed by atoms with E-state index >= 15 is 0 Å². The van der Waals surface area contributed by atoms with Crippen molar-refractivity contribution < 1.29 is 14.3 Å². The van der Waals surface area contributed by atoms with Gasteiger partial charge < -0.3 is 25.4 Å². The second-order valence-corrected chi connectivity index (χ2v) is 15.7. The van der Waals surface area contributed by atoms with Gasteiger partial charge in [0, 0.05) is 48.9 Å². The largest absolute Gasteiger partial charge is 0.484 e. The maximum absolute atomic E-state index is 13.6. The first kappa shape index (κ1) is 38.8. The number of urea groups is 1. The zero-order valence-electron chi connectivity index (χ0n) is 32.3. The van der Waals surface area contributed by atoms with Crippen LogP contribution in [0.25, 0.3) is 0 Å². The zero-order chi connectivity index (χ0) is 38.4. The Kier molecular flexibility index (Phi) is 12.2. The van der Waals surface area contributed by atoms with Crippen LogP contribution in [0.2, 0.25) is 0 Å². The van der Waals surface area contributed by atoms with Crippen LogP contribution in [0, 0.1) is 16.2 Å². The van der Waals surface area contributed by atoms with Crippen LogP contribution < -0.4 is 26.6 Å². The molecule has 14 nitrogen and oxygen atoms in total. The molecule has 3 aromatic rings. The summed E-state index contributed by atoms with van der Waals surface area (Å²) in [4.78, 5) is 22.8. The third-order valence-electron chi connectivity index (χ3n) is 10.6. The number of hydrogen-bond acceptors (Lipinski definition) is 9. The summed E-state index contributed by atoms with van der Waals surface area (Å²) in [5, 5.41) is 28.2. The molecule has 14 heteroatoms. The number of piperidine rings is 1. The number of hydrogen-bond donors (Lipinski definition) is 5. The van der Waals surface area contributed by atoms with Crippen molar-refractivity contribution in [1.29, 1.82) is 10.8 Å². The molecule has 2 amide bonds. The Labute approximate surface area is 318 Å². The van der Waals surface area contributed by atoms with Gasteiger partial charge in [-0.2, -0.15) is 5.10 Å². The Morgan fingerprint density at radius 1 is 1.04 bits per heavy atom. The Morgan fingerprint density at radius 2 is 1.76 bits per heavy atom. The summed E-state index contributed by atoms with van der Waals surface area (Å²) in [6, 6.07) is 11.3. The average molecular weight is 740 g/mol. The highest BCUT2D eigenvalue weighted by atomic mass is 16.5. The average Bonchev–Trinajstić information content (AvgIpc) is 3.59. The summed E-state index contributed by atoms with van der Waals surface area (Å²) in [5.74, 6) is 1.21. The summed E-state index contributed by atoms with van der Waals surface area (Å²) in [5.41, 5.74) is 9.52. The molecule has 3 aliphatic rings. The van der Waals surface area contributed by atoms with Crippen molar-refractivity contribution in [3.8, 4) is 5.75 Å². The molecular weight excluding hydrogens is 683 g/mol. The third kappa shape index (κ3) is 9.58. The number of amides is 2. The van der Waals surface area contributed by atoms with Crippen molar-refractivity contribution in [2.45, 2.75) is 97.5 Å². The van der Waals surface area contributed by atoms with E-state index in [0.717, 1.165) is 69.8 Å². The number of aromatic nitrogens is 3. The molecule has 0 radical (unpaired) electrons. The molecule has 0 saturated carbocycles. The quantitative estimate of drug-likeness (QED) is 0.152. The molecule has 1 aromatic carbocycles. The lowest BCUT2D eigenvalue weighted by Gasteiger charge is -2.41. The van der Waals surface area contributed by atoms with E-state index in [0.29, 0.717) is 41.8 Å². The Hall–Kier alpha value is -4.95. The number of likely N-dealkylation sites (tertiary alicyclic amines) is 1. The first-order chi connectivity index (χ1) is 25.9. The number of pyridine rings is 1. The zero-order valence-corrected chi connectivity index (χ0v) is 32.3. The van der Waals surface area contributed by atoms with E-state index in [-0.39, 0.29) is 35.1 Å². The summed E-state index contributed by atoms with van der Waals surface area (Å²) in [6.07, 6.45) is 11.3. The van der Waals surface area contributed by atoms with Gasteiger partial charge in [0.25, 0.3) is 0 Å². The fraction of sp³-hybridized carbons (Fsp3) is 0.525. The van der Waals surface area contributed by atoms with Gasteiger partial charge >= 0.3 is 6.03 Å². The number of morpholine rings is 1. The van der Waals surface area contributed by atoms with Crippen LogP contribution in [0.5, 0.6) is 5.75 Å². The number of nitrogens with zero attached hydrogens (tertiary/aromatic N) is 6. The minimum absolute atomic E-state index is 0.230. The summed E-state index contributed by atoms with van der Waals surface area (Å²) in [6.45, 7) is 15.2. The van der Waals surface area contributed by atoms with Crippen LogP contribution in [0.4, 0.5) is 10.5 Å². The molecule has 4 atom stereocenters. The molecule has 54 heavy (non-hydrogen) atoms. The molecular formula is C40H57N11O3. The van der Waals surface area contributed by atoms with E-state index in [1.807, 2.05) is 55.9 Å². The molecule has 2 saturated heterocycles. The molecule has 2 aliphatic heterocycles. The molecule has 6 N–H and O–H groups in total. The highest BCUT2D eigenvalue weighted by Crippen LogP contribution is 2.38. The number of allylic oxidation sites excluding steroid dienone is 1. The smallest absolute Gasteiger partial charge is 0.320 e.